The van der Waals surface area contributed by atoms with Crippen LogP contribution in [0, 0.1) is 29.6 Å². The van der Waals surface area contributed by atoms with Crippen molar-refractivity contribution in [3.63, 3.8) is 0 Å². The lowest BCUT2D eigenvalue weighted by molar-refractivity contribution is -0.151. The second-order valence-electron chi connectivity index (χ2n) is 5.99. The molecule has 98 valence electrons. The summed E-state index contributed by atoms with van der Waals surface area (Å²) in [5.74, 6) is 7.68. The molecule has 0 heterocycles. The van der Waals surface area contributed by atoms with Gasteiger partial charge in [-0.3, -0.25) is 4.79 Å². The van der Waals surface area contributed by atoms with Gasteiger partial charge in [0, 0.05) is 18.8 Å². The van der Waals surface area contributed by atoms with Crippen molar-refractivity contribution in [2.45, 2.75) is 52.6 Å². The molecule has 0 aromatic heterocycles. The number of carbonyl (C=O) groups is 1. The van der Waals surface area contributed by atoms with Crippen LogP contribution in [0.25, 0.3) is 0 Å². The maximum absolute atomic E-state index is 11.3. The molecular weight excluding hydrogens is 224 g/mol. The summed E-state index contributed by atoms with van der Waals surface area (Å²) >= 11 is 0. The Morgan fingerprint density at radius 1 is 1.33 bits per heavy atom. The molecule has 2 heteroatoms. The van der Waals surface area contributed by atoms with Crippen molar-refractivity contribution in [1.82, 2.24) is 0 Å². The highest BCUT2D eigenvalue weighted by Crippen LogP contribution is 2.49. The Kier molecular flexibility index (Phi) is 3.52. The normalized spacial score (nSPS) is 28.4. The molecule has 2 rings (SSSR count). The number of hydrogen-bond donors (Lipinski definition) is 0. The van der Waals surface area contributed by atoms with Crippen molar-refractivity contribution < 1.29 is 9.53 Å². The zero-order valence-electron chi connectivity index (χ0n) is 11.7. The van der Waals surface area contributed by atoms with Gasteiger partial charge in [0.25, 0.3) is 0 Å². The molecule has 1 unspecified atom stereocenters. The van der Waals surface area contributed by atoms with E-state index in [2.05, 4.69) is 31.8 Å². The van der Waals surface area contributed by atoms with E-state index in [1.807, 2.05) is 6.92 Å². The predicted octanol–water partition coefficient (Wildman–Crippen LogP) is 3.32. The third kappa shape index (κ3) is 3.38. The first-order valence-electron chi connectivity index (χ1n) is 6.78. The van der Waals surface area contributed by atoms with E-state index in [4.69, 9.17) is 4.74 Å². The fourth-order valence-corrected chi connectivity index (χ4v) is 2.43. The molecule has 0 aromatic rings. The molecule has 0 bridgehead atoms. The molecule has 2 aliphatic carbocycles. The molecule has 0 N–H and O–H groups in total. The minimum Gasteiger partial charge on any atom is -0.446 e. The van der Waals surface area contributed by atoms with E-state index in [-0.39, 0.29) is 5.97 Å². The van der Waals surface area contributed by atoms with Gasteiger partial charge in [0.1, 0.15) is 0 Å². The third-order valence-electron chi connectivity index (χ3n) is 3.55. The molecular formula is C16H22O2. The second-order valence-corrected chi connectivity index (χ2v) is 5.99. The molecule has 0 amide bonds. The van der Waals surface area contributed by atoms with Crippen molar-refractivity contribution in [2.24, 2.45) is 17.8 Å². The third-order valence-corrected chi connectivity index (χ3v) is 3.55. The standard InChI is InChI=1S/C16H22O2/c1-11(2)9-14-10-15(14)16(4,18-12(3)17)8-7-13-5-6-13/h9,13-15H,5-6,10H2,1-4H3/t14-,15?,16+/m1/s1. The number of esters is 1. The molecule has 2 fully saturated rings. The van der Waals surface area contributed by atoms with Crippen molar-refractivity contribution in [2.75, 3.05) is 0 Å². The van der Waals surface area contributed by atoms with Crippen molar-refractivity contribution in [1.29, 1.82) is 0 Å². The molecule has 0 saturated heterocycles. The Morgan fingerprint density at radius 2 is 2.00 bits per heavy atom. The highest BCUT2D eigenvalue weighted by molar-refractivity contribution is 5.67. The molecule has 0 spiro atoms. The van der Waals surface area contributed by atoms with Crippen LogP contribution >= 0.6 is 0 Å². The summed E-state index contributed by atoms with van der Waals surface area (Å²) in [7, 11) is 0. The van der Waals surface area contributed by atoms with Crippen LogP contribution < -0.4 is 0 Å². The molecule has 3 atom stereocenters. The highest BCUT2D eigenvalue weighted by atomic mass is 16.6. The number of hydrogen-bond acceptors (Lipinski definition) is 2. The molecule has 0 aromatic carbocycles. The van der Waals surface area contributed by atoms with Crippen molar-refractivity contribution in [3.8, 4) is 11.8 Å². The van der Waals surface area contributed by atoms with Crippen LogP contribution in [0.5, 0.6) is 0 Å². The Labute approximate surface area is 110 Å². The summed E-state index contributed by atoms with van der Waals surface area (Å²) < 4.78 is 5.51. The quantitative estimate of drug-likeness (QED) is 0.434. The summed E-state index contributed by atoms with van der Waals surface area (Å²) in [4.78, 5) is 11.3. The van der Waals surface area contributed by atoms with Gasteiger partial charge < -0.3 is 4.74 Å². The van der Waals surface area contributed by atoms with E-state index < -0.39 is 5.60 Å². The van der Waals surface area contributed by atoms with E-state index >= 15 is 0 Å². The van der Waals surface area contributed by atoms with E-state index in [0.29, 0.717) is 17.8 Å². The van der Waals surface area contributed by atoms with Gasteiger partial charge in [0.15, 0.2) is 5.60 Å². The molecule has 2 aliphatic rings. The first kappa shape index (κ1) is 13.2. The SMILES string of the molecule is CC(=O)O[C@@](C)(C#CC1CC1)C1C[C@H]1C=C(C)C. The lowest BCUT2D eigenvalue weighted by atomic mass is 9.98. The molecule has 0 radical (unpaired) electrons. The fraction of sp³-hybridized carbons (Fsp3) is 0.688. The summed E-state index contributed by atoms with van der Waals surface area (Å²) in [6, 6.07) is 0. The predicted molar refractivity (Wildman–Crippen MR) is 71.7 cm³/mol. The van der Waals surface area contributed by atoms with Crippen LogP contribution in [0.2, 0.25) is 0 Å². The highest BCUT2D eigenvalue weighted by Gasteiger charge is 2.50. The average molecular weight is 246 g/mol. The lowest BCUT2D eigenvalue weighted by Crippen LogP contribution is -2.32. The topological polar surface area (TPSA) is 26.3 Å². The number of ether oxygens (including phenoxy) is 1. The van der Waals surface area contributed by atoms with Crippen LogP contribution in [0.4, 0.5) is 0 Å². The first-order valence-corrected chi connectivity index (χ1v) is 6.78. The Hall–Kier alpha value is -1.23. The Morgan fingerprint density at radius 3 is 2.50 bits per heavy atom. The van der Waals surface area contributed by atoms with E-state index in [0.717, 1.165) is 6.42 Å². The van der Waals surface area contributed by atoms with Gasteiger partial charge in [-0.1, -0.05) is 23.5 Å². The van der Waals surface area contributed by atoms with Crippen LogP contribution in [-0.2, 0) is 9.53 Å². The van der Waals surface area contributed by atoms with E-state index in [9.17, 15) is 4.79 Å². The van der Waals surface area contributed by atoms with E-state index in [1.165, 1.54) is 25.3 Å². The van der Waals surface area contributed by atoms with Crippen LogP contribution in [-0.4, -0.2) is 11.6 Å². The van der Waals surface area contributed by atoms with Gasteiger partial charge in [-0.2, -0.15) is 0 Å². The average Bonchev–Trinajstić information content (AvgIpc) is 3.07. The van der Waals surface area contributed by atoms with Gasteiger partial charge in [0.2, 0.25) is 0 Å². The fourth-order valence-electron chi connectivity index (χ4n) is 2.43. The minimum absolute atomic E-state index is 0.231. The largest absolute Gasteiger partial charge is 0.446 e. The van der Waals surface area contributed by atoms with Crippen molar-refractivity contribution in [3.05, 3.63) is 11.6 Å². The summed E-state index contributed by atoms with van der Waals surface area (Å²) in [5.41, 5.74) is 0.730. The number of carbonyl (C=O) groups excluding carboxylic acids is 1. The first-order chi connectivity index (χ1) is 8.40. The van der Waals surface area contributed by atoms with E-state index in [1.54, 1.807) is 0 Å². The van der Waals surface area contributed by atoms with Gasteiger partial charge in [-0.15, -0.1) is 0 Å². The summed E-state index contributed by atoms with van der Waals surface area (Å²) in [5, 5.41) is 0. The van der Waals surface area contributed by atoms with Crippen molar-refractivity contribution >= 4 is 5.97 Å². The molecule has 18 heavy (non-hydrogen) atoms. The van der Waals surface area contributed by atoms with Crippen LogP contribution in [0.1, 0.15) is 47.0 Å². The van der Waals surface area contributed by atoms with Gasteiger partial charge in [-0.25, -0.2) is 0 Å². The van der Waals surface area contributed by atoms with Gasteiger partial charge in [-0.05, 0) is 46.0 Å². The number of allylic oxidation sites excluding steroid dienone is 2. The zero-order chi connectivity index (χ0) is 13.3. The summed E-state index contributed by atoms with van der Waals surface area (Å²) in [6.45, 7) is 7.64. The number of rotatable bonds is 3. The zero-order valence-corrected chi connectivity index (χ0v) is 11.7. The Balaban J connectivity index is 2.08. The molecule has 0 aliphatic heterocycles. The van der Waals surface area contributed by atoms with Gasteiger partial charge >= 0.3 is 5.97 Å². The van der Waals surface area contributed by atoms with Gasteiger partial charge in [0.05, 0.1) is 0 Å². The molecule has 2 saturated carbocycles. The maximum atomic E-state index is 11.3. The summed E-state index contributed by atoms with van der Waals surface area (Å²) in [6.07, 6.45) is 5.75. The van der Waals surface area contributed by atoms with Crippen LogP contribution in [0.15, 0.2) is 11.6 Å². The second kappa shape index (κ2) is 4.80. The minimum atomic E-state index is -0.592. The molecule has 2 nitrogen and oxygen atoms in total. The smallest absolute Gasteiger partial charge is 0.304 e. The Bertz CT molecular complexity index is 430. The monoisotopic (exact) mass is 246 g/mol. The maximum Gasteiger partial charge on any atom is 0.304 e. The lowest BCUT2D eigenvalue weighted by Gasteiger charge is -2.23. The van der Waals surface area contributed by atoms with Crippen LogP contribution in [0.3, 0.4) is 0 Å².